The topological polar surface area (TPSA) is 42.7 Å². The molecule has 0 radical (unpaired) electrons. The quantitative estimate of drug-likeness (QED) is 0.687. The van der Waals surface area contributed by atoms with Crippen LogP contribution in [-0.2, 0) is 5.41 Å². The second-order valence-corrected chi connectivity index (χ2v) is 8.34. The molecule has 2 unspecified atom stereocenters. The van der Waals surface area contributed by atoms with Crippen LogP contribution in [0.4, 0.5) is 0 Å². The van der Waals surface area contributed by atoms with Crippen LogP contribution in [0.3, 0.4) is 0 Å². The van der Waals surface area contributed by atoms with E-state index < -0.39 is 0 Å². The first-order chi connectivity index (χ1) is 13.2. The molecule has 3 aromatic rings. The van der Waals surface area contributed by atoms with Crippen molar-refractivity contribution >= 4 is 11.6 Å². The zero-order valence-electron chi connectivity index (χ0n) is 15.2. The van der Waals surface area contributed by atoms with Crippen molar-refractivity contribution in [2.45, 2.75) is 43.1 Å². The highest BCUT2D eigenvalue weighted by molar-refractivity contribution is 6.30. The molecule has 2 atom stereocenters. The van der Waals surface area contributed by atoms with Crippen molar-refractivity contribution in [3.8, 4) is 5.69 Å². The van der Waals surface area contributed by atoms with Crippen molar-refractivity contribution < 1.29 is 0 Å². The van der Waals surface area contributed by atoms with Crippen molar-refractivity contribution in [3.63, 3.8) is 0 Å². The molecule has 5 rings (SSSR count). The largest absolute Gasteiger partial charge is 0.312 e. The normalized spacial score (nSPS) is 23.0. The standard InChI is InChI=1S/C22H23ClN4/c23-17-7-9-18(10-8-17)27-14-21(25-26-27)22(11-4-12-22)15-24-20-13-19(20)16-5-2-1-3-6-16/h1-3,5-10,14,19-20,24H,4,11-13,15H2. The van der Waals surface area contributed by atoms with Gasteiger partial charge in [-0.05, 0) is 49.1 Å². The van der Waals surface area contributed by atoms with E-state index in [1.165, 1.54) is 31.2 Å². The monoisotopic (exact) mass is 378 g/mol. The summed E-state index contributed by atoms with van der Waals surface area (Å²) in [6.45, 7) is 0.986. The smallest absolute Gasteiger partial charge is 0.0906 e. The molecule has 138 valence electrons. The summed E-state index contributed by atoms with van der Waals surface area (Å²) in [5, 5.41) is 13.4. The van der Waals surface area contributed by atoms with Crippen molar-refractivity contribution in [1.29, 1.82) is 0 Å². The minimum absolute atomic E-state index is 0.133. The molecule has 1 N–H and O–H groups in total. The Labute approximate surface area is 164 Å². The fourth-order valence-electron chi connectivity index (χ4n) is 4.17. The Hall–Kier alpha value is -2.17. The summed E-state index contributed by atoms with van der Waals surface area (Å²) in [5.41, 5.74) is 3.68. The minimum Gasteiger partial charge on any atom is -0.312 e. The summed E-state index contributed by atoms with van der Waals surface area (Å²) in [6, 6.07) is 19.1. The first-order valence-corrected chi connectivity index (χ1v) is 10.1. The van der Waals surface area contributed by atoms with E-state index in [1.54, 1.807) is 0 Å². The number of benzene rings is 2. The molecule has 4 nitrogen and oxygen atoms in total. The first-order valence-electron chi connectivity index (χ1n) is 9.71. The van der Waals surface area contributed by atoms with Crippen LogP contribution < -0.4 is 5.32 Å². The number of rotatable bonds is 6. The SMILES string of the molecule is Clc1ccc(-n2cc(C3(CNC4CC4c4ccccc4)CCC3)nn2)cc1. The average molecular weight is 379 g/mol. The fourth-order valence-corrected chi connectivity index (χ4v) is 4.30. The van der Waals surface area contributed by atoms with Crippen molar-refractivity contribution in [2.24, 2.45) is 0 Å². The Balaban J connectivity index is 1.27. The van der Waals surface area contributed by atoms with Gasteiger partial charge in [-0.2, -0.15) is 0 Å². The average Bonchev–Trinajstić information content (AvgIpc) is 3.28. The molecule has 1 heterocycles. The van der Waals surface area contributed by atoms with E-state index in [0.717, 1.165) is 22.9 Å². The summed E-state index contributed by atoms with van der Waals surface area (Å²) >= 11 is 5.99. The molecule has 0 amide bonds. The van der Waals surface area contributed by atoms with Gasteiger partial charge >= 0.3 is 0 Å². The summed E-state index contributed by atoms with van der Waals surface area (Å²) in [7, 11) is 0. The summed E-state index contributed by atoms with van der Waals surface area (Å²) in [6.07, 6.45) is 6.95. The van der Waals surface area contributed by atoms with E-state index in [1.807, 2.05) is 28.9 Å². The van der Waals surface area contributed by atoms with Crippen LogP contribution in [-0.4, -0.2) is 27.6 Å². The van der Waals surface area contributed by atoms with Gasteiger partial charge < -0.3 is 5.32 Å². The third-order valence-electron chi connectivity index (χ3n) is 6.16. The number of hydrogen-bond acceptors (Lipinski definition) is 3. The molecule has 2 fully saturated rings. The van der Waals surface area contributed by atoms with Crippen molar-refractivity contribution in [3.05, 3.63) is 77.1 Å². The molecule has 1 aromatic heterocycles. The minimum atomic E-state index is 0.133. The van der Waals surface area contributed by atoms with Crippen LogP contribution >= 0.6 is 11.6 Å². The lowest BCUT2D eigenvalue weighted by Crippen LogP contribution is -2.45. The van der Waals surface area contributed by atoms with Gasteiger partial charge in [0.05, 0.1) is 17.6 Å². The Morgan fingerprint density at radius 2 is 1.85 bits per heavy atom. The molecule has 0 aliphatic heterocycles. The predicted molar refractivity (Wildman–Crippen MR) is 107 cm³/mol. The fraction of sp³-hybridized carbons (Fsp3) is 0.364. The van der Waals surface area contributed by atoms with Crippen LogP contribution in [0.1, 0.15) is 42.9 Å². The Bertz CT molecular complexity index is 915. The second kappa shape index (κ2) is 6.77. The Kier molecular flexibility index (Phi) is 4.25. The number of aromatic nitrogens is 3. The van der Waals surface area contributed by atoms with E-state index in [4.69, 9.17) is 11.6 Å². The van der Waals surface area contributed by atoms with Gasteiger partial charge in [0.1, 0.15) is 0 Å². The predicted octanol–water partition coefficient (Wildman–Crippen LogP) is 4.49. The van der Waals surface area contributed by atoms with E-state index >= 15 is 0 Å². The van der Waals surface area contributed by atoms with Gasteiger partial charge in [-0.15, -0.1) is 5.10 Å². The van der Waals surface area contributed by atoms with Crippen LogP contribution in [0, 0.1) is 0 Å². The van der Waals surface area contributed by atoms with Crippen molar-refractivity contribution in [1.82, 2.24) is 20.3 Å². The Morgan fingerprint density at radius 1 is 1.07 bits per heavy atom. The lowest BCUT2D eigenvalue weighted by Gasteiger charge is -2.40. The van der Waals surface area contributed by atoms with Gasteiger partial charge in [0, 0.05) is 28.9 Å². The molecule has 2 saturated carbocycles. The number of hydrogen-bond donors (Lipinski definition) is 1. The highest BCUT2D eigenvalue weighted by Crippen LogP contribution is 2.45. The molecular weight excluding hydrogens is 356 g/mol. The lowest BCUT2D eigenvalue weighted by atomic mass is 9.66. The lowest BCUT2D eigenvalue weighted by molar-refractivity contribution is 0.226. The van der Waals surface area contributed by atoms with Crippen LogP contribution in [0.5, 0.6) is 0 Å². The van der Waals surface area contributed by atoms with Crippen LogP contribution in [0.25, 0.3) is 5.69 Å². The maximum atomic E-state index is 5.99. The molecule has 0 spiro atoms. The second-order valence-electron chi connectivity index (χ2n) is 7.90. The highest BCUT2D eigenvalue weighted by Gasteiger charge is 2.44. The molecule has 0 saturated heterocycles. The molecule has 2 aliphatic rings. The van der Waals surface area contributed by atoms with Gasteiger partial charge in [-0.3, -0.25) is 0 Å². The number of nitrogens with one attached hydrogen (secondary N) is 1. The summed E-state index contributed by atoms with van der Waals surface area (Å²) in [4.78, 5) is 0. The molecule has 2 aromatic carbocycles. The van der Waals surface area contributed by atoms with Gasteiger partial charge in [0.2, 0.25) is 0 Å². The number of nitrogens with zero attached hydrogens (tertiary/aromatic N) is 3. The Morgan fingerprint density at radius 3 is 2.56 bits per heavy atom. The van der Waals surface area contributed by atoms with Gasteiger partial charge in [-0.25, -0.2) is 4.68 Å². The summed E-state index contributed by atoms with van der Waals surface area (Å²) < 4.78 is 1.86. The molecule has 2 aliphatic carbocycles. The molecule has 5 heteroatoms. The molecule has 27 heavy (non-hydrogen) atoms. The van der Waals surface area contributed by atoms with Gasteiger partial charge in [-0.1, -0.05) is 53.6 Å². The molecular formula is C22H23ClN4. The van der Waals surface area contributed by atoms with Crippen molar-refractivity contribution in [2.75, 3.05) is 6.54 Å². The van der Waals surface area contributed by atoms with Crippen LogP contribution in [0.2, 0.25) is 5.02 Å². The van der Waals surface area contributed by atoms with E-state index in [2.05, 4.69) is 52.2 Å². The van der Waals surface area contributed by atoms with E-state index in [0.29, 0.717) is 12.0 Å². The summed E-state index contributed by atoms with van der Waals surface area (Å²) in [5.74, 6) is 0.660. The first kappa shape index (κ1) is 17.0. The zero-order chi connectivity index (χ0) is 18.3. The zero-order valence-corrected chi connectivity index (χ0v) is 15.9. The van der Waals surface area contributed by atoms with Gasteiger partial charge in [0.25, 0.3) is 0 Å². The number of halogens is 1. The third-order valence-corrected chi connectivity index (χ3v) is 6.41. The maximum Gasteiger partial charge on any atom is 0.0906 e. The van der Waals surface area contributed by atoms with Gasteiger partial charge in [0.15, 0.2) is 0 Å². The third kappa shape index (κ3) is 3.28. The maximum absolute atomic E-state index is 5.99. The van der Waals surface area contributed by atoms with Crippen LogP contribution in [0.15, 0.2) is 60.8 Å². The van der Waals surface area contributed by atoms with E-state index in [9.17, 15) is 0 Å². The highest BCUT2D eigenvalue weighted by atomic mass is 35.5. The molecule has 0 bridgehead atoms. The van der Waals surface area contributed by atoms with E-state index in [-0.39, 0.29) is 5.41 Å².